The summed E-state index contributed by atoms with van der Waals surface area (Å²) in [5.74, 6) is 0. The second kappa shape index (κ2) is 8.77. The number of hydrogen-bond acceptors (Lipinski definition) is 4. The minimum atomic E-state index is 0.349. The first-order valence-corrected chi connectivity index (χ1v) is 9.65. The number of hydrogen-bond donors (Lipinski definition) is 1. The Balaban J connectivity index is 1.50. The van der Waals surface area contributed by atoms with Crippen molar-refractivity contribution in [3.05, 3.63) is 57.3 Å². The van der Waals surface area contributed by atoms with Gasteiger partial charge in [0.25, 0.3) is 0 Å². The molecule has 2 aromatic rings. The molecule has 3 rings (SSSR count). The Hall–Kier alpha value is -1.20. The zero-order valence-corrected chi connectivity index (χ0v) is 15.4. The number of nitrogens with one attached hydrogen (secondary N) is 1. The Kier molecular flexibility index (Phi) is 6.44. The summed E-state index contributed by atoms with van der Waals surface area (Å²) in [5.41, 5.74) is 3.93. The summed E-state index contributed by atoms with van der Waals surface area (Å²) in [6.07, 6.45) is 2.38. The normalized spacial score (nSPS) is 17.1. The van der Waals surface area contributed by atoms with Gasteiger partial charge in [0.2, 0.25) is 0 Å². The summed E-state index contributed by atoms with van der Waals surface area (Å²) < 4.78 is 11.4. The molecule has 1 fully saturated rings. The van der Waals surface area contributed by atoms with E-state index < -0.39 is 0 Å². The minimum Gasteiger partial charge on any atom is -0.381 e. The fraction of sp³-hybridized carbons (Fsp3) is 0.500. The Bertz CT molecular complexity index is 634. The van der Waals surface area contributed by atoms with Crippen molar-refractivity contribution in [1.82, 2.24) is 5.32 Å². The molecule has 1 unspecified atom stereocenters. The average Bonchev–Trinajstić information content (AvgIpc) is 3.05. The molecule has 0 aliphatic carbocycles. The highest BCUT2D eigenvalue weighted by Crippen LogP contribution is 2.23. The summed E-state index contributed by atoms with van der Waals surface area (Å²) in [4.78, 5) is 1.43. The molecule has 1 aliphatic heterocycles. The number of benzene rings is 1. The summed E-state index contributed by atoms with van der Waals surface area (Å²) in [6, 6.07) is 11.3. The zero-order chi connectivity index (χ0) is 16.8. The van der Waals surface area contributed by atoms with Crippen molar-refractivity contribution in [2.75, 3.05) is 13.2 Å². The van der Waals surface area contributed by atoms with Crippen LogP contribution < -0.4 is 5.32 Å². The van der Waals surface area contributed by atoms with Gasteiger partial charge in [-0.1, -0.05) is 24.3 Å². The van der Waals surface area contributed by atoms with Gasteiger partial charge >= 0.3 is 0 Å². The molecule has 1 N–H and O–H groups in total. The maximum Gasteiger partial charge on any atom is 0.0720 e. The third-order valence-electron chi connectivity index (χ3n) is 4.55. The van der Waals surface area contributed by atoms with Crippen LogP contribution in [0.4, 0.5) is 0 Å². The van der Waals surface area contributed by atoms with Crippen LogP contribution >= 0.6 is 11.3 Å². The summed E-state index contributed by atoms with van der Waals surface area (Å²) in [6.45, 7) is 7.64. The fourth-order valence-electron chi connectivity index (χ4n) is 3.08. The molecule has 24 heavy (non-hydrogen) atoms. The largest absolute Gasteiger partial charge is 0.381 e. The lowest BCUT2D eigenvalue weighted by Gasteiger charge is -2.22. The van der Waals surface area contributed by atoms with Crippen LogP contribution in [0.2, 0.25) is 0 Å². The Labute approximate surface area is 149 Å². The molecule has 0 radical (unpaired) electrons. The molecular formula is C20H27NO2S. The van der Waals surface area contributed by atoms with E-state index in [0.717, 1.165) is 32.6 Å². The Morgan fingerprint density at radius 2 is 2.04 bits per heavy atom. The van der Waals surface area contributed by atoms with E-state index in [4.69, 9.17) is 9.47 Å². The van der Waals surface area contributed by atoms with Crippen LogP contribution in [0.1, 0.15) is 47.4 Å². The molecule has 2 heterocycles. The van der Waals surface area contributed by atoms with Crippen LogP contribution in [0.15, 0.2) is 35.7 Å². The van der Waals surface area contributed by atoms with E-state index in [0.29, 0.717) is 18.8 Å². The van der Waals surface area contributed by atoms with Crippen molar-refractivity contribution < 1.29 is 9.47 Å². The quantitative estimate of drug-likeness (QED) is 0.795. The van der Waals surface area contributed by atoms with E-state index in [2.05, 4.69) is 54.9 Å². The van der Waals surface area contributed by atoms with E-state index in [-0.39, 0.29) is 0 Å². The molecule has 1 aliphatic rings. The highest BCUT2D eigenvalue weighted by Gasteiger charge is 2.14. The molecule has 3 nitrogen and oxygen atoms in total. The maximum atomic E-state index is 6.03. The van der Waals surface area contributed by atoms with Crippen molar-refractivity contribution in [3.63, 3.8) is 0 Å². The van der Waals surface area contributed by atoms with E-state index in [1.807, 2.05) is 11.3 Å². The Morgan fingerprint density at radius 1 is 1.25 bits per heavy atom. The van der Waals surface area contributed by atoms with Gasteiger partial charge in [-0.15, -0.1) is 11.3 Å². The van der Waals surface area contributed by atoms with Gasteiger partial charge in [-0.2, -0.15) is 0 Å². The molecule has 0 spiro atoms. The Morgan fingerprint density at radius 3 is 2.79 bits per heavy atom. The number of rotatable bonds is 7. The molecule has 1 saturated heterocycles. The molecular weight excluding hydrogens is 318 g/mol. The third kappa shape index (κ3) is 4.90. The van der Waals surface area contributed by atoms with Gasteiger partial charge in [0, 0.05) is 30.7 Å². The van der Waals surface area contributed by atoms with Crippen molar-refractivity contribution in [2.45, 2.75) is 52.0 Å². The summed E-state index contributed by atoms with van der Waals surface area (Å²) >= 11 is 1.83. The first kappa shape index (κ1) is 17.6. The number of aryl methyl sites for hydroxylation is 1. The van der Waals surface area contributed by atoms with E-state index in [1.165, 1.54) is 21.6 Å². The smallest absolute Gasteiger partial charge is 0.0720 e. The average molecular weight is 346 g/mol. The van der Waals surface area contributed by atoms with Gasteiger partial charge in [0.05, 0.1) is 12.7 Å². The van der Waals surface area contributed by atoms with Gasteiger partial charge in [-0.25, -0.2) is 0 Å². The lowest BCUT2D eigenvalue weighted by molar-refractivity contribution is -0.0390. The highest BCUT2D eigenvalue weighted by molar-refractivity contribution is 7.10. The van der Waals surface area contributed by atoms with Gasteiger partial charge in [-0.3, -0.25) is 0 Å². The van der Waals surface area contributed by atoms with Crippen molar-refractivity contribution in [3.8, 4) is 0 Å². The van der Waals surface area contributed by atoms with Gasteiger partial charge in [-0.05, 0) is 54.8 Å². The first-order valence-electron chi connectivity index (χ1n) is 8.77. The van der Waals surface area contributed by atoms with Crippen LogP contribution in [-0.4, -0.2) is 19.3 Å². The zero-order valence-electron chi connectivity index (χ0n) is 14.6. The molecule has 0 bridgehead atoms. The third-order valence-corrected chi connectivity index (χ3v) is 5.75. The monoisotopic (exact) mass is 345 g/mol. The lowest BCUT2D eigenvalue weighted by atomic mass is 10.1. The molecule has 0 amide bonds. The molecule has 1 aromatic heterocycles. The molecule has 1 atom stereocenters. The van der Waals surface area contributed by atoms with E-state index in [9.17, 15) is 0 Å². The standard InChI is InChI=1S/C20H27NO2S/c1-15-8-11-24-20(15)16(2)21-13-17-4-3-5-18(12-17)14-23-19-6-9-22-10-7-19/h3-5,8,11-12,16,19,21H,6-7,9-10,13-14H2,1-2H3. The first-order chi connectivity index (χ1) is 11.7. The second-order valence-corrected chi connectivity index (χ2v) is 7.46. The van der Waals surface area contributed by atoms with Gasteiger partial charge < -0.3 is 14.8 Å². The van der Waals surface area contributed by atoms with Crippen LogP contribution in [-0.2, 0) is 22.6 Å². The summed E-state index contributed by atoms with van der Waals surface area (Å²) in [5, 5.41) is 5.79. The maximum absolute atomic E-state index is 6.03. The SMILES string of the molecule is Cc1ccsc1C(C)NCc1cccc(COC2CCOCC2)c1. The molecule has 130 valence electrons. The topological polar surface area (TPSA) is 30.5 Å². The van der Waals surface area contributed by atoms with Crippen molar-refractivity contribution >= 4 is 11.3 Å². The van der Waals surface area contributed by atoms with Crippen LogP contribution in [0.5, 0.6) is 0 Å². The predicted octanol–water partition coefficient (Wildman–Crippen LogP) is 4.60. The number of thiophene rings is 1. The number of ether oxygens (including phenoxy) is 2. The van der Waals surface area contributed by atoms with E-state index in [1.54, 1.807) is 0 Å². The van der Waals surface area contributed by atoms with Crippen LogP contribution in [0, 0.1) is 6.92 Å². The second-order valence-electron chi connectivity index (χ2n) is 6.51. The summed E-state index contributed by atoms with van der Waals surface area (Å²) in [7, 11) is 0. The van der Waals surface area contributed by atoms with Crippen LogP contribution in [0.25, 0.3) is 0 Å². The highest BCUT2D eigenvalue weighted by atomic mass is 32.1. The van der Waals surface area contributed by atoms with Crippen molar-refractivity contribution in [2.24, 2.45) is 0 Å². The molecule has 4 heteroatoms. The minimum absolute atomic E-state index is 0.349. The molecule has 1 aromatic carbocycles. The molecule has 0 saturated carbocycles. The fourth-order valence-corrected chi connectivity index (χ4v) is 4.04. The lowest BCUT2D eigenvalue weighted by Crippen LogP contribution is -2.23. The predicted molar refractivity (Wildman–Crippen MR) is 99.4 cm³/mol. The van der Waals surface area contributed by atoms with E-state index >= 15 is 0 Å². The van der Waals surface area contributed by atoms with Crippen LogP contribution in [0.3, 0.4) is 0 Å². The van der Waals surface area contributed by atoms with Gasteiger partial charge in [0.1, 0.15) is 0 Å². The van der Waals surface area contributed by atoms with Gasteiger partial charge in [0.15, 0.2) is 0 Å². The van der Waals surface area contributed by atoms with Crippen molar-refractivity contribution in [1.29, 1.82) is 0 Å².